The lowest BCUT2D eigenvalue weighted by atomic mass is 10.1. The average molecular weight is 273 g/mol. The van der Waals surface area contributed by atoms with Crippen LogP contribution in [0, 0.1) is 0 Å². The lowest BCUT2D eigenvalue weighted by Gasteiger charge is -2.42. The van der Waals surface area contributed by atoms with E-state index in [9.17, 15) is 4.79 Å². The number of quaternary nitrogens is 1. The molecule has 0 N–H and O–H groups in total. The Hall–Kier alpha value is -1.61. The van der Waals surface area contributed by atoms with E-state index >= 15 is 0 Å². The van der Waals surface area contributed by atoms with E-state index < -0.39 is 0 Å². The number of hydrogen-bond donors (Lipinski definition) is 0. The van der Waals surface area contributed by atoms with E-state index in [4.69, 9.17) is 0 Å². The van der Waals surface area contributed by atoms with Crippen LogP contribution in [0.5, 0.6) is 0 Å². The Bertz CT molecular complexity index is 470. The highest BCUT2D eigenvalue weighted by Gasteiger charge is 2.30. The summed E-state index contributed by atoms with van der Waals surface area (Å²) in [7, 11) is 2.29. The maximum atomic E-state index is 11.7. The van der Waals surface area contributed by atoms with E-state index in [-0.39, 0.29) is 5.91 Å². The molecule has 1 aliphatic heterocycles. The Balaban J connectivity index is 1.95. The molecular formula is C17H25N2O+. The molecule has 0 saturated carbocycles. The molecule has 1 fully saturated rings. The molecule has 0 radical (unpaired) electrons. The number of carbonyl (C=O) groups is 1. The second-order valence-corrected chi connectivity index (χ2v) is 5.90. The predicted octanol–water partition coefficient (Wildman–Crippen LogP) is 2.53. The van der Waals surface area contributed by atoms with Crippen molar-refractivity contribution in [2.75, 3.05) is 33.2 Å². The second kappa shape index (κ2) is 6.23. The van der Waals surface area contributed by atoms with Crippen LogP contribution in [0.2, 0.25) is 0 Å². The number of benzene rings is 1. The minimum atomic E-state index is 0.284. The van der Waals surface area contributed by atoms with E-state index in [0.717, 1.165) is 42.8 Å². The number of amides is 1. The molecule has 1 aromatic rings. The van der Waals surface area contributed by atoms with Gasteiger partial charge in [-0.05, 0) is 5.56 Å². The minimum absolute atomic E-state index is 0.284. The van der Waals surface area contributed by atoms with Crippen molar-refractivity contribution >= 4 is 12.0 Å². The molecule has 0 aromatic heterocycles. The summed E-state index contributed by atoms with van der Waals surface area (Å²) in [4.78, 5) is 13.7. The zero-order chi connectivity index (χ0) is 14.6. The molecule has 0 aliphatic carbocycles. The molecule has 0 bridgehead atoms. The van der Waals surface area contributed by atoms with Crippen molar-refractivity contribution in [3.05, 3.63) is 42.0 Å². The summed E-state index contributed by atoms with van der Waals surface area (Å²) in [5.41, 5.74) is 2.52. The summed E-state index contributed by atoms with van der Waals surface area (Å²) in [5, 5.41) is 0. The quantitative estimate of drug-likeness (QED) is 0.772. The normalized spacial score (nSPS) is 17.8. The molecule has 1 aromatic carbocycles. The summed E-state index contributed by atoms with van der Waals surface area (Å²) in [6, 6.07) is 8.60. The summed E-state index contributed by atoms with van der Waals surface area (Å²) in [5.74, 6) is 0.284. The lowest BCUT2D eigenvalue weighted by Crippen LogP contribution is -2.57. The maximum Gasteiger partial charge on any atom is 0.222 e. The maximum absolute atomic E-state index is 11.7. The molecule has 1 amide bonds. The Morgan fingerprint density at radius 3 is 2.40 bits per heavy atom. The molecule has 2 rings (SSSR count). The van der Waals surface area contributed by atoms with Gasteiger partial charge >= 0.3 is 0 Å². The molecule has 3 heteroatoms. The van der Waals surface area contributed by atoms with E-state index in [2.05, 4.69) is 37.9 Å². The molecule has 0 spiro atoms. The van der Waals surface area contributed by atoms with Gasteiger partial charge in [-0.3, -0.25) is 4.79 Å². The zero-order valence-corrected chi connectivity index (χ0v) is 12.6. The van der Waals surface area contributed by atoms with Crippen molar-refractivity contribution < 1.29 is 9.28 Å². The van der Waals surface area contributed by atoms with Crippen LogP contribution in [0.4, 0.5) is 0 Å². The third-order valence-electron chi connectivity index (χ3n) is 4.25. The molecule has 3 nitrogen and oxygen atoms in total. The number of carbonyl (C=O) groups excluding carboxylic acids is 1. The third kappa shape index (κ3) is 3.48. The van der Waals surface area contributed by atoms with Gasteiger partial charge in [0.15, 0.2) is 0 Å². The fourth-order valence-electron chi connectivity index (χ4n) is 2.78. The van der Waals surface area contributed by atoms with Gasteiger partial charge in [0, 0.05) is 12.0 Å². The largest absolute Gasteiger partial charge is 0.331 e. The fraction of sp³-hybridized carbons (Fsp3) is 0.471. The predicted molar refractivity (Wildman–Crippen MR) is 83.0 cm³/mol. The van der Waals surface area contributed by atoms with Crippen molar-refractivity contribution in [3.8, 4) is 0 Å². The number of rotatable bonds is 4. The highest BCUT2D eigenvalue weighted by Crippen LogP contribution is 2.17. The van der Waals surface area contributed by atoms with Crippen molar-refractivity contribution in [2.45, 2.75) is 19.9 Å². The van der Waals surface area contributed by atoms with Crippen molar-refractivity contribution in [3.63, 3.8) is 0 Å². The van der Waals surface area contributed by atoms with Crippen LogP contribution in [0.15, 0.2) is 30.8 Å². The van der Waals surface area contributed by atoms with Crippen molar-refractivity contribution in [2.24, 2.45) is 0 Å². The van der Waals surface area contributed by atoms with E-state index in [0.29, 0.717) is 6.42 Å². The molecule has 20 heavy (non-hydrogen) atoms. The summed E-state index contributed by atoms with van der Waals surface area (Å²) >= 11 is 0. The van der Waals surface area contributed by atoms with Crippen LogP contribution in [0.3, 0.4) is 0 Å². The topological polar surface area (TPSA) is 20.3 Å². The van der Waals surface area contributed by atoms with E-state index in [1.54, 1.807) is 0 Å². The van der Waals surface area contributed by atoms with Crippen molar-refractivity contribution in [1.29, 1.82) is 0 Å². The second-order valence-electron chi connectivity index (χ2n) is 5.90. The van der Waals surface area contributed by atoms with Gasteiger partial charge in [-0.25, -0.2) is 0 Å². The van der Waals surface area contributed by atoms with Crippen LogP contribution in [-0.4, -0.2) is 48.5 Å². The van der Waals surface area contributed by atoms with Crippen LogP contribution in [-0.2, 0) is 11.3 Å². The zero-order valence-electron chi connectivity index (χ0n) is 12.6. The summed E-state index contributed by atoms with van der Waals surface area (Å²) in [6.07, 6.45) is 2.49. The molecule has 0 unspecified atom stereocenters. The van der Waals surface area contributed by atoms with Crippen LogP contribution in [0.1, 0.15) is 24.5 Å². The first-order valence-corrected chi connectivity index (χ1v) is 7.39. The van der Waals surface area contributed by atoms with Gasteiger partial charge in [-0.1, -0.05) is 43.8 Å². The van der Waals surface area contributed by atoms with Gasteiger partial charge in [0.1, 0.15) is 6.54 Å². The third-order valence-corrected chi connectivity index (χ3v) is 4.25. The first kappa shape index (κ1) is 14.8. The van der Waals surface area contributed by atoms with Gasteiger partial charge < -0.3 is 9.38 Å². The van der Waals surface area contributed by atoms with E-state index in [1.165, 1.54) is 5.56 Å². The van der Waals surface area contributed by atoms with E-state index in [1.807, 2.05) is 17.9 Å². The Morgan fingerprint density at radius 1 is 1.30 bits per heavy atom. The molecule has 108 valence electrons. The Morgan fingerprint density at radius 2 is 1.90 bits per heavy atom. The van der Waals surface area contributed by atoms with Gasteiger partial charge in [-0.2, -0.15) is 0 Å². The summed E-state index contributed by atoms with van der Waals surface area (Å²) < 4.78 is 1.01. The first-order valence-electron chi connectivity index (χ1n) is 7.39. The molecular weight excluding hydrogens is 248 g/mol. The van der Waals surface area contributed by atoms with Crippen LogP contribution < -0.4 is 0 Å². The number of hydrogen-bond acceptors (Lipinski definition) is 1. The Labute approximate surface area is 122 Å². The molecule has 1 heterocycles. The van der Waals surface area contributed by atoms with Gasteiger partial charge in [0.05, 0.1) is 33.2 Å². The first-order chi connectivity index (χ1) is 9.56. The van der Waals surface area contributed by atoms with Crippen LogP contribution >= 0.6 is 0 Å². The SMILES string of the molecule is C=Cc1ccc(C[N+]2(C)CCN(C(=O)CC)CC2)cc1. The van der Waals surface area contributed by atoms with Crippen LogP contribution in [0.25, 0.3) is 6.08 Å². The van der Waals surface area contributed by atoms with Gasteiger partial charge in [0.25, 0.3) is 0 Å². The number of likely N-dealkylation sites (N-methyl/N-ethyl adjacent to an activating group) is 1. The molecule has 0 atom stereocenters. The lowest BCUT2D eigenvalue weighted by molar-refractivity contribution is -0.926. The Kier molecular flexibility index (Phi) is 4.61. The highest BCUT2D eigenvalue weighted by molar-refractivity contribution is 5.75. The molecule has 1 aliphatic rings. The van der Waals surface area contributed by atoms with Gasteiger partial charge in [-0.15, -0.1) is 0 Å². The monoisotopic (exact) mass is 273 g/mol. The highest BCUT2D eigenvalue weighted by atomic mass is 16.2. The minimum Gasteiger partial charge on any atom is -0.331 e. The summed E-state index contributed by atoms with van der Waals surface area (Å²) in [6.45, 7) is 10.6. The average Bonchev–Trinajstić information content (AvgIpc) is 2.48. The van der Waals surface area contributed by atoms with Gasteiger partial charge in [0.2, 0.25) is 5.91 Å². The molecule has 1 saturated heterocycles. The fourth-order valence-corrected chi connectivity index (χ4v) is 2.78. The van der Waals surface area contributed by atoms with Crippen molar-refractivity contribution in [1.82, 2.24) is 4.90 Å². The number of nitrogens with zero attached hydrogens (tertiary/aromatic N) is 2. The smallest absolute Gasteiger partial charge is 0.222 e. The standard InChI is InChI=1S/C17H25N2O/c1-4-15-6-8-16(9-7-15)14-19(3)12-10-18(11-13-19)17(20)5-2/h4,6-9H,1,5,10-14H2,2-3H3/q+1. The number of piperazine rings is 1.